The van der Waals surface area contributed by atoms with Crippen LogP contribution in [0.2, 0.25) is 0 Å². The number of piperidine rings is 1. The minimum atomic E-state index is -0.277. The summed E-state index contributed by atoms with van der Waals surface area (Å²) in [6, 6.07) is 20.0. The number of ether oxygens (including phenoxy) is 1. The Balaban J connectivity index is 1.42. The number of aryl methyl sites for hydroxylation is 1. The highest BCUT2D eigenvalue weighted by atomic mass is 16.5. The number of aromatic nitrogens is 2. The lowest BCUT2D eigenvalue weighted by atomic mass is 9.98. The summed E-state index contributed by atoms with van der Waals surface area (Å²) in [5.74, 6) is 1.32. The molecule has 0 saturated carbocycles. The molecule has 0 spiro atoms. The number of nitrogens with zero attached hydrogens (tertiary/aromatic N) is 3. The van der Waals surface area contributed by atoms with Gasteiger partial charge in [-0.05, 0) is 30.9 Å². The average Bonchev–Trinajstić information content (AvgIpc) is 3.22. The number of rotatable bonds is 6. The monoisotopic (exact) mass is 391 g/mol. The zero-order chi connectivity index (χ0) is 20.1. The first-order chi connectivity index (χ1) is 14.2. The van der Waals surface area contributed by atoms with Crippen LogP contribution in [0.5, 0.6) is 0 Å². The standard InChI is InChI=1S/C23H25N3O3/c1-17-24-23(29-25-17)20-13-8-14-26(15-20)21(27)16-28-22(18-9-4-2-5-10-18)19-11-6-3-7-12-19/h2-7,9-12,20,22H,8,13-16H2,1H3/t20-/m0/s1. The molecule has 0 radical (unpaired) electrons. The van der Waals surface area contributed by atoms with Crippen LogP contribution in [0.4, 0.5) is 0 Å². The fraction of sp³-hybridized carbons (Fsp3) is 0.348. The predicted molar refractivity (Wildman–Crippen MR) is 108 cm³/mol. The summed E-state index contributed by atoms with van der Waals surface area (Å²) in [5, 5.41) is 3.87. The molecule has 1 aromatic heterocycles. The number of hydrogen-bond acceptors (Lipinski definition) is 5. The third-order valence-electron chi connectivity index (χ3n) is 5.24. The Labute approximate surface area is 170 Å². The summed E-state index contributed by atoms with van der Waals surface area (Å²) in [6.07, 6.45) is 1.59. The smallest absolute Gasteiger partial charge is 0.248 e. The highest BCUT2D eigenvalue weighted by Gasteiger charge is 2.29. The lowest BCUT2D eigenvalue weighted by Crippen LogP contribution is -2.41. The van der Waals surface area contributed by atoms with E-state index in [1.54, 1.807) is 6.92 Å². The van der Waals surface area contributed by atoms with Gasteiger partial charge in [0.25, 0.3) is 0 Å². The molecule has 6 heteroatoms. The lowest BCUT2D eigenvalue weighted by Gasteiger charge is -2.31. The second-order valence-corrected chi connectivity index (χ2v) is 7.37. The van der Waals surface area contributed by atoms with Gasteiger partial charge in [-0.15, -0.1) is 0 Å². The number of benzene rings is 2. The molecule has 3 aromatic rings. The largest absolute Gasteiger partial charge is 0.359 e. The second-order valence-electron chi connectivity index (χ2n) is 7.37. The van der Waals surface area contributed by atoms with Crippen LogP contribution in [-0.4, -0.2) is 40.6 Å². The molecule has 2 heterocycles. The lowest BCUT2D eigenvalue weighted by molar-refractivity contribution is -0.138. The van der Waals surface area contributed by atoms with Gasteiger partial charge in [0.1, 0.15) is 12.7 Å². The summed E-state index contributed by atoms with van der Waals surface area (Å²) < 4.78 is 11.4. The first kappa shape index (κ1) is 19.3. The molecular formula is C23H25N3O3. The van der Waals surface area contributed by atoms with E-state index in [0.29, 0.717) is 18.3 Å². The second kappa shape index (κ2) is 9.01. The topological polar surface area (TPSA) is 68.5 Å². The Morgan fingerprint density at radius 2 is 1.79 bits per heavy atom. The van der Waals surface area contributed by atoms with Crippen molar-refractivity contribution in [2.24, 2.45) is 0 Å². The van der Waals surface area contributed by atoms with Crippen LogP contribution in [0.15, 0.2) is 65.2 Å². The Morgan fingerprint density at radius 1 is 1.14 bits per heavy atom. The van der Waals surface area contributed by atoms with E-state index in [2.05, 4.69) is 10.1 Å². The molecular weight excluding hydrogens is 366 g/mol. The predicted octanol–water partition coefficient (Wildman–Crippen LogP) is 3.89. The van der Waals surface area contributed by atoms with Crippen molar-refractivity contribution in [1.29, 1.82) is 0 Å². The van der Waals surface area contributed by atoms with E-state index in [-0.39, 0.29) is 24.5 Å². The molecule has 4 rings (SSSR count). The van der Waals surface area contributed by atoms with Gasteiger partial charge >= 0.3 is 0 Å². The highest BCUT2D eigenvalue weighted by Crippen LogP contribution is 2.28. The maximum atomic E-state index is 12.9. The average molecular weight is 391 g/mol. The number of hydrogen-bond donors (Lipinski definition) is 0. The van der Waals surface area contributed by atoms with Crippen molar-refractivity contribution in [3.63, 3.8) is 0 Å². The van der Waals surface area contributed by atoms with E-state index >= 15 is 0 Å². The molecule has 29 heavy (non-hydrogen) atoms. The van der Waals surface area contributed by atoms with Crippen molar-refractivity contribution in [3.8, 4) is 0 Å². The van der Waals surface area contributed by atoms with Gasteiger partial charge in [-0.1, -0.05) is 65.8 Å². The van der Waals surface area contributed by atoms with Gasteiger partial charge in [0.05, 0.1) is 5.92 Å². The molecule has 1 amide bonds. The number of carbonyl (C=O) groups is 1. The molecule has 0 N–H and O–H groups in total. The van der Waals surface area contributed by atoms with Crippen molar-refractivity contribution in [3.05, 3.63) is 83.5 Å². The van der Waals surface area contributed by atoms with Crippen molar-refractivity contribution in [1.82, 2.24) is 15.0 Å². The third-order valence-corrected chi connectivity index (χ3v) is 5.24. The number of likely N-dealkylation sites (tertiary alicyclic amines) is 1. The molecule has 0 bridgehead atoms. The van der Waals surface area contributed by atoms with E-state index in [1.165, 1.54) is 0 Å². The van der Waals surface area contributed by atoms with Gasteiger partial charge in [-0.3, -0.25) is 4.79 Å². The fourth-order valence-electron chi connectivity index (χ4n) is 3.77. The van der Waals surface area contributed by atoms with Crippen LogP contribution in [0.25, 0.3) is 0 Å². The molecule has 2 aromatic carbocycles. The SMILES string of the molecule is Cc1noc([C@H]2CCCN(C(=O)COC(c3ccccc3)c3ccccc3)C2)n1. The number of carbonyl (C=O) groups excluding carboxylic acids is 1. The van der Waals surface area contributed by atoms with Crippen molar-refractivity contribution < 1.29 is 14.1 Å². The molecule has 6 nitrogen and oxygen atoms in total. The first-order valence-electron chi connectivity index (χ1n) is 10.00. The molecule has 0 aliphatic carbocycles. The first-order valence-corrected chi connectivity index (χ1v) is 10.00. The maximum Gasteiger partial charge on any atom is 0.248 e. The van der Waals surface area contributed by atoms with Gasteiger partial charge < -0.3 is 14.2 Å². The van der Waals surface area contributed by atoms with Crippen molar-refractivity contribution in [2.45, 2.75) is 31.8 Å². The number of amides is 1. The normalized spacial score (nSPS) is 16.9. The summed E-state index contributed by atoms with van der Waals surface area (Å²) in [4.78, 5) is 19.1. The summed E-state index contributed by atoms with van der Waals surface area (Å²) in [5.41, 5.74) is 2.06. The molecule has 0 unspecified atom stereocenters. The molecule has 1 atom stereocenters. The molecule has 1 aliphatic rings. The fourth-order valence-corrected chi connectivity index (χ4v) is 3.77. The van der Waals surface area contributed by atoms with Gasteiger partial charge in [-0.25, -0.2) is 0 Å². The van der Waals surface area contributed by atoms with E-state index in [0.717, 1.165) is 30.5 Å². The van der Waals surface area contributed by atoms with E-state index in [9.17, 15) is 4.79 Å². The van der Waals surface area contributed by atoms with Crippen molar-refractivity contribution in [2.75, 3.05) is 19.7 Å². The zero-order valence-electron chi connectivity index (χ0n) is 16.5. The Kier molecular flexibility index (Phi) is 6.00. The molecule has 1 aliphatic heterocycles. The van der Waals surface area contributed by atoms with Crippen LogP contribution in [-0.2, 0) is 9.53 Å². The minimum Gasteiger partial charge on any atom is -0.359 e. The molecule has 1 saturated heterocycles. The molecule has 1 fully saturated rings. The maximum absolute atomic E-state index is 12.9. The van der Waals surface area contributed by atoms with Crippen LogP contribution < -0.4 is 0 Å². The quantitative estimate of drug-likeness (QED) is 0.638. The van der Waals surface area contributed by atoms with Crippen LogP contribution in [0, 0.1) is 6.92 Å². The molecule has 150 valence electrons. The van der Waals surface area contributed by atoms with Gasteiger partial charge in [0.2, 0.25) is 11.8 Å². The van der Waals surface area contributed by atoms with Gasteiger partial charge in [0.15, 0.2) is 5.82 Å². The summed E-state index contributed by atoms with van der Waals surface area (Å²) in [7, 11) is 0. The highest BCUT2D eigenvalue weighted by molar-refractivity contribution is 5.77. The third kappa shape index (κ3) is 4.71. The van der Waals surface area contributed by atoms with E-state index < -0.39 is 0 Å². The minimum absolute atomic E-state index is 0.0113. The summed E-state index contributed by atoms with van der Waals surface area (Å²) in [6.45, 7) is 3.16. The zero-order valence-corrected chi connectivity index (χ0v) is 16.5. The van der Waals surface area contributed by atoms with Crippen LogP contribution in [0.1, 0.15) is 47.7 Å². The Bertz CT molecular complexity index is 887. The van der Waals surface area contributed by atoms with E-state index in [1.807, 2.05) is 65.6 Å². The van der Waals surface area contributed by atoms with Gasteiger partial charge in [-0.2, -0.15) is 4.98 Å². The summed E-state index contributed by atoms with van der Waals surface area (Å²) >= 11 is 0. The Morgan fingerprint density at radius 3 is 2.38 bits per heavy atom. The van der Waals surface area contributed by atoms with Crippen molar-refractivity contribution >= 4 is 5.91 Å². The Hall–Kier alpha value is -2.99. The van der Waals surface area contributed by atoms with E-state index in [4.69, 9.17) is 9.26 Å². The van der Waals surface area contributed by atoms with Crippen LogP contribution in [0.3, 0.4) is 0 Å². The van der Waals surface area contributed by atoms with Crippen LogP contribution >= 0.6 is 0 Å². The van der Waals surface area contributed by atoms with Gasteiger partial charge in [0, 0.05) is 13.1 Å².